The summed E-state index contributed by atoms with van der Waals surface area (Å²) in [5, 5.41) is 3.50. The lowest BCUT2D eigenvalue weighted by Crippen LogP contribution is -2.52. The van der Waals surface area contributed by atoms with Crippen LogP contribution in [0, 0.1) is 17.8 Å². The normalized spacial score (nSPS) is 44.2. The van der Waals surface area contributed by atoms with Crippen LogP contribution in [0.4, 0.5) is 0 Å². The molecule has 88 valence electrons. The van der Waals surface area contributed by atoms with Gasteiger partial charge in [-0.1, -0.05) is 20.8 Å². The van der Waals surface area contributed by atoms with E-state index in [4.69, 9.17) is 0 Å². The van der Waals surface area contributed by atoms with Crippen LogP contribution in [0.5, 0.6) is 0 Å². The van der Waals surface area contributed by atoms with Crippen molar-refractivity contribution in [3.63, 3.8) is 0 Å². The van der Waals surface area contributed by atoms with E-state index in [2.05, 4.69) is 31.0 Å². The second-order valence-electron chi connectivity index (χ2n) is 5.78. The molecule has 2 rings (SSSR count). The van der Waals surface area contributed by atoms with Gasteiger partial charge < -0.3 is 5.32 Å². The van der Waals surface area contributed by atoms with Crippen LogP contribution in [0.15, 0.2) is 0 Å². The number of nitrogens with one attached hydrogen (secondary N) is 1. The molecule has 0 aliphatic carbocycles. The van der Waals surface area contributed by atoms with E-state index >= 15 is 0 Å². The Bertz CT molecular complexity index is 205. The van der Waals surface area contributed by atoms with E-state index in [1.165, 1.54) is 39.0 Å². The highest BCUT2D eigenvalue weighted by atomic mass is 15.2. The van der Waals surface area contributed by atoms with Gasteiger partial charge in [0.15, 0.2) is 0 Å². The van der Waals surface area contributed by atoms with E-state index in [1.807, 2.05) is 0 Å². The van der Waals surface area contributed by atoms with E-state index in [9.17, 15) is 0 Å². The molecule has 2 heteroatoms. The molecule has 2 fully saturated rings. The maximum atomic E-state index is 3.50. The van der Waals surface area contributed by atoms with Crippen LogP contribution in [-0.2, 0) is 0 Å². The summed E-state index contributed by atoms with van der Waals surface area (Å²) < 4.78 is 0. The summed E-state index contributed by atoms with van der Waals surface area (Å²) in [6.07, 6.45) is 2.75. The van der Waals surface area contributed by atoms with Crippen LogP contribution in [-0.4, -0.2) is 37.1 Å². The Kier molecular flexibility index (Phi) is 3.68. The molecule has 4 atom stereocenters. The Labute approximate surface area is 94.4 Å². The van der Waals surface area contributed by atoms with Crippen LogP contribution in [0.3, 0.4) is 0 Å². The van der Waals surface area contributed by atoms with Gasteiger partial charge in [0.25, 0.3) is 0 Å². The van der Waals surface area contributed by atoms with Crippen LogP contribution in [0.25, 0.3) is 0 Å². The molecular weight excluding hydrogens is 184 g/mol. The average molecular weight is 210 g/mol. The maximum Gasteiger partial charge on any atom is 0.0145 e. The number of hydrogen-bond acceptors (Lipinski definition) is 2. The predicted octanol–water partition coefficient (Wildman–Crippen LogP) is 1.96. The zero-order chi connectivity index (χ0) is 10.8. The number of rotatable bonds is 1. The number of hydrogen-bond donors (Lipinski definition) is 1. The van der Waals surface area contributed by atoms with Gasteiger partial charge in [0, 0.05) is 12.6 Å². The topological polar surface area (TPSA) is 15.3 Å². The lowest BCUT2D eigenvalue weighted by atomic mass is 9.85. The lowest BCUT2D eigenvalue weighted by Gasteiger charge is -2.44. The Hall–Kier alpha value is -0.0800. The molecule has 0 radical (unpaired) electrons. The number of nitrogens with zero attached hydrogens (tertiary/aromatic N) is 1. The molecule has 0 amide bonds. The highest BCUT2D eigenvalue weighted by Crippen LogP contribution is 2.27. The minimum Gasteiger partial charge on any atom is -0.316 e. The van der Waals surface area contributed by atoms with Gasteiger partial charge in [-0.25, -0.2) is 0 Å². The molecule has 0 aromatic rings. The molecular formula is C13H26N2. The standard InChI is InChI=1S/C13H26N2/c1-10-5-7-15(9-12(10)3)13-4-6-14-8-11(13)2/h10-14H,4-9H2,1-3H3. The van der Waals surface area contributed by atoms with E-state index in [-0.39, 0.29) is 0 Å². The van der Waals surface area contributed by atoms with Crippen molar-refractivity contribution < 1.29 is 0 Å². The lowest BCUT2D eigenvalue weighted by molar-refractivity contribution is 0.0555. The van der Waals surface area contributed by atoms with Gasteiger partial charge >= 0.3 is 0 Å². The van der Waals surface area contributed by atoms with Crippen molar-refractivity contribution in [1.82, 2.24) is 10.2 Å². The van der Waals surface area contributed by atoms with Gasteiger partial charge in [-0.05, 0) is 50.2 Å². The van der Waals surface area contributed by atoms with Gasteiger partial charge in [0.1, 0.15) is 0 Å². The van der Waals surface area contributed by atoms with Crippen molar-refractivity contribution in [2.75, 3.05) is 26.2 Å². The van der Waals surface area contributed by atoms with Crippen LogP contribution in [0.2, 0.25) is 0 Å². The van der Waals surface area contributed by atoms with E-state index in [0.717, 1.165) is 23.8 Å². The van der Waals surface area contributed by atoms with Gasteiger partial charge in [-0.15, -0.1) is 0 Å². The van der Waals surface area contributed by atoms with Gasteiger partial charge in [-0.3, -0.25) is 4.90 Å². The van der Waals surface area contributed by atoms with Gasteiger partial charge in [0.05, 0.1) is 0 Å². The molecule has 0 saturated carbocycles. The zero-order valence-electron chi connectivity index (χ0n) is 10.5. The molecule has 0 spiro atoms. The Morgan fingerprint density at radius 1 is 1.00 bits per heavy atom. The molecule has 0 aromatic heterocycles. The second kappa shape index (κ2) is 4.84. The third kappa shape index (κ3) is 2.54. The van der Waals surface area contributed by atoms with E-state index in [1.54, 1.807) is 0 Å². The fourth-order valence-electron chi connectivity index (χ4n) is 3.14. The molecule has 2 aliphatic heterocycles. The highest BCUT2D eigenvalue weighted by molar-refractivity contribution is 4.87. The third-order valence-corrected chi connectivity index (χ3v) is 4.57. The smallest absolute Gasteiger partial charge is 0.0145 e. The molecule has 4 unspecified atom stereocenters. The third-order valence-electron chi connectivity index (χ3n) is 4.57. The first-order chi connectivity index (χ1) is 7.18. The van der Waals surface area contributed by atoms with Crippen LogP contribution >= 0.6 is 0 Å². The first-order valence-electron chi connectivity index (χ1n) is 6.63. The Morgan fingerprint density at radius 2 is 1.80 bits per heavy atom. The second-order valence-corrected chi connectivity index (χ2v) is 5.78. The first-order valence-corrected chi connectivity index (χ1v) is 6.63. The molecule has 15 heavy (non-hydrogen) atoms. The van der Waals surface area contributed by atoms with Crippen molar-refractivity contribution in [2.45, 2.75) is 39.7 Å². The summed E-state index contributed by atoms with van der Waals surface area (Å²) in [5.41, 5.74) is 0. The van der Waals surface area contributed by atoms with E-state index < -0.39 is 0 Å². The Morgan fingerprint density at radius 3 is 2.47 bits per heavy atom. The fraction of sp³-hybridized carbons (Fsp3) is 1.00. The minimum absolute atomic E-state index is 0.833. The summed E-state index contributed by atoms with van der Waals surface area (Å²) in [6, 6.07) is 0.848. The SMILES string of the molecule is CC1CCN(C2CCNCC2C)CC1C. The monoisotopic (exact) mass is 210 g/mol. The van der Waals surface area contributed by atoms with Crippen molar-refractivity contribution >= 4 is 0 Å². The predicted molar refractivity (Wildman–Crippen MR) is 65.0 cm³/mol. The zero-order valence-corrected chi connectivity index (χ0v) is 10.5. The molecule has 2 heterocycles. The quantitative estimate of drug-likeness (QED) is 0.712. The maximum absolute atomic E-state index is 3.50. The van der Waals surface area contributed by atoms with Gasteiger partial charge in [-0.2, -0.15) is 0 Å². The van der Waals surface area contributed by atoms with Crippen molar-refractivity contribution in [3.05, 3.63) is 0 Å². The first kappa shape index (κ1) is 11.4. The molecule has 1 N–H and O–H groups in total. The van der Waals surface area contributed by atoms with Crippen molar-refractivity contribution in [2.24, 2.45) is 17.8 Å². The summed E-state index contributed by atoms with van der Waals surface area (Å²) in [4.78, 5) is 2.76. The highest BCUT2D eigenvalue weighted by Gasteiger charge is 2.31. The van der Waals surface area contributed by atoms with Crippen molar-refractivity contribution in [1.29, 1.82) is 0 Å². The molecule has 2 saturated heterocycles. The largest absolute Gasteiger partial charge is 0.316 e. The van der Waals surface area contributed by atoms with Crippen molar-refractivity contribution in [3.8, 4) is 0 Å². The average Bonchev–Trinajstić information content (AvgIpc) is 2.23. The number of likely N-dealkylation sites (tertiary alicyclic amines) is 1. The summed E-state index contributed by atoms with van der Waals surface area (Å²) in [6.45, 7) is 12.3. The van der Waals surface area contributed by atoms with Crippen LogP contribution in [0.1, 0.15) is 33.6 Å². The van der Waals surface area contributed by atoms with Gasteiger partial charge in [0.2, 0.25) is 0 Å². The summed E-state index contributed by atoms with van der Waals surface area (Å²) in [5.74, 6) is 2.65. The minimum atomic E-state index is 0.833. The fourth-order valence-corrected chi connectivity index (χ4v) is 3.14. The summed E-state index contributed by atoms with van der Waals surface area (Å²) >= 11 is 0. The summed E-state index contributed by atoms with van der Waals surface area (Å²) in [7, 11) is 0. The number of piperidine rings is 2. The molecule has 2 nitrogen and oxygen atoms in total. The molecule has 2 aliphatic rings. The van der Waals surface area contributed by atoms with Crippen LogP contribution < -0.4 is 5.32 Å². The van der Waals surface area contributed by atoms with E-state index in [0.29, 0.717) is 0 Å². The Balaban J connectivity index is 1.92. The molecule has 0 aromatic carbocycles. The molecule has 0 bridgehead atoms.